The highest BCUT2D eigenvalue weighted by atomic mass is 35.5. The molecular formula is C13H19ClFNO3S. The molecule has 1 aromatic carbocycles. The van der Waals surface area contributed by atoms with E-state index in [9.17, 15) is 12.8 Å². The Morgan fingerprint density at radius 3 is 2.45 bits per heavy atom. The average molecular weight is 324 g/mol. The molecular weight excluding hydrogens is 305 g/mol. The van der Waals surface area contributed by atoms with Gasteiger partial charge in [-0.2, -0.15) is 4.31 Å². The van der Waals surface area contributed by atoms with Crippen LogP contribution in [0.2, 0.25) is 5.02 Å². The van der Waals surface area contributed by atoms with E-state index in [4.69, 9.17) is 16.7 Å². The molecule has 1 rings (SSSR count). The van der Waals surface area contributed by atoms with Crippen LogP contribution in [0.5, 0.6) is 0 Å². The molecule has 0 bridgehead atoms. The van der Waals surface area contributed by atoms with Crippen LogP contribution >= 0.6 is 11.6 Å². The van der Waals surface area contributed by atoms with Crippen LogP contribution in [-0.4, -0.2) is 37.0 Å². The minimum absolute atomic E-state index is 0.0275. The average Bonchev–Trinajstić information content (AvgIpc) is 2.41. The van der Waals surface area contributed by atoms with Gasteiger partial charge in [-0.15, -0.1) is 0 Å². The number of nitrogens with zero attached hydrogens (tertiary/aromatic N) is 1. The maximum absolute atomic E-state index is 13.3. The molecule has 0 aliphatic carbocycles. The lowest BCUT2D eigenvalue weighted by Crippen LogP contribution is -2.41. The van der Waals surface area contributed by atoms with E-state index in [1.807, 2.05) is 13.8 Å². The summed E-state index contributed by atoms with van der Waals surface area (Å²) in [5.41, 5.74) is 0. The summed E-state index contributed by atoms with van der Waals surface area (Å²) >= 11 is 5.88. The van der Waals surface area contributed by atoms with Gasteiger partial charge in [0.15, 0.2) is 0 Å². The molecule has 0 atom stereocenters. The molecule has 0 saturated heterocycles. The minimum atomic E-state index is -3.94. The summed E-state index contributed by atoms with van der Waals surface area (Å²) in [4.78, 5) is -0.264. The fourth-order valence-electron chi connectivity index (χ4n) is 2.09. The van der Waals surface area contributed by atoms with Crippen LogP contribution in [-0.2, 0) is 10.0 Å². The summed E-state index contributed by atoms with van der Waals surface area (Å²) in [5.74, 6) is -0.665. The van der Waals surface area contributed by atoms with Crippen molar-refractivity contribution in [3.63, 3.8) is 0 Å². The molecule has 0 heterocycles. The molecule has 0 radical (unpaired) electrons. The topological polar surface area (TPSA) is 57.6 Å². The number of hydrogen-bond donors (Lipinski definition) is 1. The first-order valence-electron chi connectivity index (χ1n) is 6.46. The van der Waals surface area contributed by atoms with Crippen molar-refractivity contribution in [2.75, 3.05) is 13.2 Å². The van der Waals surface area contributed by atoms with Gasteiger partial charge >= 0.3 is 0 Å². The number of hydrogen-bond acceptors (Lipinski definition) is 3. The van der Waals surface area contributed by atoms with Gasteiger partial charge in [0.1, 0.15) is 10.7 Å². The van der Waals surface area contributed by atoms with Crippen LogP contribution in [0.1, 0.15) is 26.7 Å². The highest BCUT2D eigenvalue weighted by molar-refractivity contribution is 7.89. The van der Waals surface area contributed by atoms with Gasteiger partial charge in [0.25, 0.3) is 0 Å². The van der Waals surface area contributed by atoms with Crippen molar-refractivity contribution in [2.45, 2.75) is 37.6 Å². The first kappa shape index (κ1) is 17.4. The van der Waals surface area contributed by atoms with Crippen molar-refractivity contribution in [3.8, 4) is 0 Å². The molecule has 0 unspecified atom stereocenters. The third kappa shape index (κ3) is 3.69. The zero-order chi connectivity index (χ0) is 15.3. The van der Waals surface area contributed by atoms with Crippen LogP contribution < -0.4 is 0 Å². The fourth-order valence-corrected chi connectivity index (χ4v) is 4.35. The molecule has 1 aromatic rings. The van der Waals surface area contributed by atoms with Crippen molar-refractivity contribution >= 4 is 21.6 Å². The second kappa shape index (κ2) is 7.36. The fraction of sp³-hybridized carbons (Fsp3) is 0.538. The maximum Gasteiger partial charge on any atom is 0.244 e. The Balaban J connectivity index is 3.32. The predicted octanol–water partition coefficient (Wildman–Crippen LogP) is 2.65. The molecule has 0 spiro atoms. The molecule has 0 aromatic heterocycles. The molecule has 20 heavy (non-hydrogen) atoms. The third-order valence-electron chi connectivity index (χ3n) is 3.15. The first-order valence-corrected chi connectivity index (χ1v) is 8.28. The molecule has 114 valence electrons. The highest BCUT2D eigenvalue weighted by Crippen LogP contribution is 2.27. The van der Waals surface area contributed by atoms with Gasteiger partial charge in [0.05, 0.1) is 11.6 Å². The van der Waals surface area contributed by atoms with Crippen molar-refractivity contribution in [1.29, 1.82) is 0 Å². The molecule has 7 heteroatoms. The van der Waals surface area contributed by atoms with E-state index in [0.717, 1.165) is 12.1 Å². The molecule has 4 nitrogen and oxygen atoms in total. The summed E-state index contributed by atoms with van der Waals surface area (Å²) in [5, 5.41) is 9.07. The third-order valence-corrected chi connectivity index (χ3v) is 5.58. The number of sulfonamides is 1. The first-order chi connectivity index (χ1) is 9.38. The number of aliphatic hydroxyl groups excluding tert-OH is 1. The van der Waals surface area contributed by atoms with Gasteiger partial charge in [-0.05, 0) is 31.0 Å². The predicted molar refractivity (Wildman–Crippen MR) is 76.8 cm³/mol. The lowest BCUT2D eigenvalue weighted by Gasteiger charge is -2.29. The van der Waals surface area contributed by atoms with Gasteiger partial charge in [-0.25, -0.2) is 12.8 Å². The minimum Gasteiger partial charge on any atom is -0.395 e. The van der Waals surface area contributed by atoms with E-state index in [1.54, 1.807) is 0 Å². The largest absolute Gasteiger partial charge is 0.395 e. The molecule has 0 aliphatic rings. The lowest BCUT2D eigenvalue weighted by atomic mass is 10.2. The number of aliphatic hydroxyl groups is 1. The molecule has 0 fully saturated rings. The number of halogens is 2. The van der Waals surface area contributed by atoms with Crippen LogP contribution in [0.3, 0.4) is 0 Å². The number of rotatable bonds is 7. The Morgan fingerprint density at radius 1 is 1.35 bits per heavy atom. The lowest BCUT2D eigenvalue weighted by molar-refractivity contribution is 0.219. The van der Waals surface area contributed by atoms with Crippen LogP contribution in [0, 0.1) is 5.82 Å². The van der Waals surface area contributed by atoms with E-state index >= 15 is 0 Å². The van der Waals surface area contributed by atoms with Gasteiger partial charge in [0.2, 0.25) is 10.0 Å². The standard InChI is InChI=1S/C13H19ClFNO3S/c1-3-11(4-2)16(7-8-17)20(18,19)13-9-10(15)5-6-12(13)14/h5-6,9,11,17H,3-4,7-8H2,1-2H3. The zero-order valence-electron chi connectivity index (χ0n) is 11.5. The Kier molecular flexibility index (Phi) is 6.39. The maximum atomic E-state index is 13.3. The Labute approximate surface area is 124 Å². The zero-order valence-corrected chi connectivity index (χ0v) is 13.1. The quantitative estimate of drug-likeness (QED) is 0.839. The second-order valence-corrected chi connectivity index (χ2v) is 6.65. The van der Waals surface area contributed by atoms with Gasteiger partial charge < -0.3 is 5.11 Å². The Hall–Kier alpha value is -0.690. The summed E-state index contributed by atoms with van der Waals surface area (Å²) < 4.78 is 39.7. The van der Waals surface area contributed by atoms with E-state index in [2.05, 4.69) is 0 Å². The molecule has 0 amide bonds. The van der Waals surface area contributed by atoms with Gasteiger partial charge in [-0.3, -0.25) is 0 Å². The molecule has 0 saturated carbocycles. The van der Waals surface area contributed by atoms with E-state index in [1.165, 1.54) is 10.4 Å². The van der Waals surface area contributed by atoms with Crippen molar-refractivity contribution in [1.82, 2.24) is 4.31 Å². The van der Waals surface area contributed by atoms with Gasteiger partial charge in [-0.1, -0.05) is 25.4 Å². The Morgan fingerprint density at radius 2 is 1.95 bits per heavy atom. The van der Waals surface area contributed by atoms with Crippen LogP contribution in [0.15, 0.2) is 23.1 Å². The summed E-state index contributed by atoms with van der Waals surface area (Å²) in [7, 11) is -3.94. The van der Waals surface area contributed by atoms with Gasteiger partial charge in [0, 0.05) is 12.6 Å². The number of benzene rings is 1. The summed E-state index contributed by atoms with van der Waals surface area (Å²) in [6.07, 6.45) is 1.20. The molecule has 0 aliphatic heterocycles. The smallest absolute Gasteiger partial charge is 0.244 e. The summed E-state index contributed by atoms with van der Waals surface area (Å²) in [6, 6.07) is 2.97. The Bertz CT molecular complexity index is 547. The van der Waals surface area contributed by atoms with Crippen molar-refractivity contribution in [2.24, 2.45) is 0 Å². The highest BCUT2D eigenvalue weighted by Gasteiger charge is 2.31. The van der Waals surface area contributed by atoms with Crippen molar-refractivity contribution in [3.05, 3.63) is 29.0 Å². The second-order valence-electron chi connectivity index (χ2n) is 4.38. The van der Waals surface area contributed by atoms with E-state index in [0.29, 0.717) is 12.8 Å². The monoisotopic (exact) mass is 323 g/mol. The van der Waals surface area contributed by atoms with Crippen LogP contribution in [0.25, 0.3) is 0 Å². The van der Waals surface area contributed by atoms with E-state index < -0.39 is 15.8 Å². The van der Waals surface area contributed by atoms with Crippen molar-refractivity contribution < 1.29 is 17.9 Å². The van der Waals surface area contributed by atoms with E-state index in [-0.39, 0.29) is 29.1 Å². The van der Waals surface area contributed by atoms with Crippen LogP contribution in [0.4, 0.5) is 4.39 Å². The summed E-state index contributed by atoms with van der Waals surface area (Å²) in [6.45, 7) is 3.38. The normalized spacial score (nSPS) is 12.3. The molecule has 1 N–H and O–H groups in total. The SMILES string of the molecule is CCC(CC)N(CCO)S(=O)(=O)c1cc(F)ccc1Cl.